The Labute approximate surface area is 163 Å². The smallest absolute Gasteiger partial charge is 0.299 e. The summed E-state index contributed by atoms with van der Waals surface area (Å²) in [6.07, 6.45) is 1.48. The van der Waals surface area contributed by atoms with Crippen LogP contribution in [0.15, 0.2) is 58.0 Å². The molecule has 3 aromatic rings. The van der Waals surface area contributed by atoms with E-state index in [-0.39, 0.29) is 22.4 Å². The molecule has 0 radical (unpaired) electrons. The number of nitrogens with one attached hydrogen (secondary N) is 1. The number of nitrogens with zero attached hydrogens (tertiary/aromatic N) is 1. The highest BCUT2D eigenvalue weighted by Gasteiger charge is 2.16. The maximum atomic E-state index is 12.1. The topological polar surface area (TPSA) is 98.5 Å². The van der Waals surface area contributed by atoms with Crippen molar-refractivity contribution in [3.05, 3.63) is 54.3 Å². The van der Waals surface area contributed by atoms with Crippen LogP contribution in [0.2, 0.25) is 0 Å². The largest absolute Gasteiger partial charge is 0.495 e. The van der Waals surface area contributed by atoms with Gasteiger partial charge in [-0.05, 0) is 25.1 Å². The van der Waals surface area contributed by atoms with Gasteiger partial charge in [-0.3, -0.25) is 4.79 Å². The average Bonchev–Trinajstić information content (AvgIpc) is 3.16. The van der Waals surface area contributed by atoms with E-state index in [0.29, 0.717) is 22.7 Å². The number of Topliss-reactive ketones (excluding diaryl/α,β-unsaturated/α-hetero) is 1. The van der Waals surface area contributed by atoms with Gasteiger partial charge in [-0.15, -0.1) is 0 Å². The van der Waals surface area contributed by atoms with E-state index in [2.05, 4.69) is 10.3 Å². The van der Waals surface area contributed by atoms with Gasteiger partial charge >= 0.3 is 0 Å². The van der Waals surface area contributed by atoms with E-state index in [1.54, 1.807) is 37.3 Å². The van der Waals surface area contributed by atoms with Gasteiger partial charge in [0.15, 0.2) is 15.6 Å². The van der Waals surface area contributed by atoms with Crippen LogP contribution < -0.4 is 10.1 Å². The van der Waals surface area contributed by atoms with E-state index in [9.17, 15) is 13.2 Å². The molecule has 0 bridgehead atoms. The lowest BCUT2D eigenvalue weighted by Gasteiger charge is -2.10. The van der Waals surface area contributed by atoms with Gasteiger partial charge in [-0.1, -0.05) is 31.2 Å². The zero-order chi connectivity index (χ0) is 20.3. The van der Waals surface area contributed by atoms with Crippen molar-refractivity contribution in [3.63, 3.8) is 0 Å². The summed E-state index contributed by atoms with van der Waals surface area (Å²) in [5, 5.41) is 2.96. The standard InChI is InChI=1S/C20H20N2O5S/c1-4-28(24,25)16-9-10-19(26-3)17(11-16)21-20-22-18(12-27-20)15-7-5-14(6-8-15)13(2)23/h5-12H,4H2,1-3H3,(H,21,22). The minimum absolute atomic E-state index is 0.00181. The lowest BCUT2D eigenvalue weighted by atomic mass is 10.1. The van der Waals surface area contributed by atoms with Crippen LogP contribution in [0.3, 0.4) is 0 Å². The summed E-state index contributed by atoms with van der Waals surface area (Å²) in [6.45, 7) is 3.10. The van der Waals surface area contributed by atoms with E-state index < -0.39 is 9.84 Å². The molecule has 28 heavy (non-hydrogen) atoms. The van der Waals surface area contributed by atoms with Gasteiger partial charge in [0.25, 0.3) is 6.01 Å². The maximum absolute atomic E-state index is 12.1. The third-order valence-electron chi connectivity index (χ3n) is 4.24. The molecule has 0 aliphatic rings. The van der Waals surface area contributed by atoms with Crippen molar-refractivity contribution in [2.24, 2.45) is 0 Å². The Morgan fingerprint density at radius 1 is 1.18 bits per heavy atom. The molecule has 0 saturated heterocycles. The number of ketones is 1. The number of carbonyl (C=O) groups excluding carboxylic acids is 1. The number of aromatic nitrogens is 1. The molecule has 0 saturated carbocycles. The first-order valence-electron chi connectivity index (χ1n) is 8.58. The van der Waals surface area contributed by atoms with Crippen LogP contribution in [0.25, 0.3) is 11.3 Å². The first kappa shape index (κ1) is 19.6. The molecule has 7 nitrogen and oxygen atoms in total. The second-order valence-electron chi connectivity index (χ2n) is 6.06. The fourth-order valence-electron chi connectivity index (χ4n) is 2.60. The van der Waals surface area contributed by atoms with Crippen LogP contribution in [-0.4, -0.2) is 32.0 Å². The summed E-state index contributed by atoms with van der Waals surface area (Å²) < 4.78 is 35.0. The van der Waals surface area contributed by atoms with Gasteiger partial charge < -0.3 is 14.5 Å². The predicted octanol–water partition coefficient (Wildman–Crippen LogP) is 4.09. The third-order valence-corrected chi connectivity index (χ3v) is 5.98. The van der Waals surface area contributed by atoms with Crippen LogP contribution in [0.4, 0.5) is 11.7 Å². The molecule has 1 aromatic heterocycles. The van der Waals surface area contributed by atoms with Crippen molar-refractivity contribution in [2.75, 3.05) is 18.2 Å². The van der Waals surface area contributed by atoms with Crippen LogP contribution in [0.1, 0.15) is 24.2 Å². The Bertz CT molecular complexity index is 1100. The van der Waals surface area contributed by atoms with Crippen molar-refractivity contribution in [1.82, 2.24) is 4.98 Å². The highest BCUT2D eigenvalue weighted by Crippen LogP contribution is 2.31. The summed E-state index contributed by atoms with van der Waals surface area (Å²) in [5.74, 6) is 0.446. The third kappa shape index (κ3) is 4.07. The SMILES string of the molecule is CCS(=O)(=O)c1ccc(OC)c(Nc2nc(-c3ccc(C(C)=O)cc3)co2)c1. The molecule has 1 N–H and O–H groups in total. The number of hydrogen-bond acceptors (Lipinski definition) is 7. The minimum atomic E-state index is -3.36. The van der Waals surface area contributed by atoms with Crippen molar-refractivity contribution < 1.29 is 22.4 Å². The highest BCUT2D eigenvalue weighted by atomic mass is 32.2. The van der Waals surface area contributed by atoms with Crippen molar-refractivity contribution >= 4 is 27.3 Å². The molecule has 0 atom stereocenters. The van der Waals surface area contributed by atoms with Gasteiger partial charge in [0.2, 0.25) is 0 Å². The molecule has 3 rings (SSSR count). The van der Waals surface area contributed by atoms with Crippen LogP contribution >= 0.6 is 0 Å². The zero-order valence-corrected chi connectivity index (χ0v) is 16.5. The molecular formula is C20H20N2O5S. The quantitative estimate of drug-likeness (QED) is 0.596. The number of benzene rings is 2. The Kier molecular flexibility index (Phi) is 5.51. The first-order valence-corrected chi connectivity index (χ1v) is 10.2. The fourth-order valence-corrected chi connectivity index (χ4v) is 3.51. The average molecular weight is 400 g/mol. The molecule has 0 unspecified atom stereocenters. The van der Waals surface area contributed by atoms with Crippen LogP contribution in [0, 0.1) is 0 Å². The number of carbonyl (C=O) groups is 1. The van der Waals surface area contributed by atoms with E-state index >= 15 is 0 Å². The number of sulfone groups is 1. The van der Waals surface area contributed by atoms with Crippen LogP contribution in [0.5, 0.6) is 5.75 Å². The molecule has 0 aliphatic carbocycles. The molecule has 0 fully saturated rings. The molecular weight excluding hydrogens is 380 g/mol. The predicted molar refractivity (Wildman–Crippen MR) is 106 cm³/mol. The number of rotatable bonds is 7. The van der Waals surface area contributed by atoms with Crippen molar-refractivity contribution in [1.29, 1.82) is 0 Å². The van der Waals surface area contributed by atoms with Gasteiger partial charge in [0.1, 0.15) is 17.7 Å². The van der Waals surface area contributed by atoms with E-state index in [1.807, 2.05) is 0 Å². The molecule has 146 valence electrons. The fraction of sp³-hybridized carbons (Fsp3) is 0.200. The summed E-state index contributed by atoms with van der Waals surface area (Å²) in [6, 6.07) is 11.8. The molecule has 8 heteroatoms. The molecule has 0 aliphatic heterocycles. The molecule has 0 amide bonds. The number of hydrogen-bond donors (Lipinski definition) is 1. The lowest BCUT2D eigenvalue weighted by Crippen LogP contribution is -2.05. The Morgan fingerprint density at radius 2 is 1.89 bits per heavy atom. The number of methoxy groups -OCH3 is 1. The van der Waals surface area contributed by atoms with Crippen LogP contribution in [-0.2, 0) is 9.84 Å². The molecule has 1 heterocycles. The first-order chi connectivity index (χ1) is 13.3. The normalized spacial score (nSPS) is 11.2. The highest BCUT2D eigenvalue weighted by molar-refractivity contribution is 7.91. The van der Waals surface area contributed by atoms with Gasteiger partial charge in [0, 0.05) is 11.1 Å². The summed E-state index contributed by atoms with van der Waals surface area (Å²) in [7, 11) is -1.87. The van der Waals surface area contributed by atoms with Gasteiger partial charge in [0.05, 0.1) is 23.4 Å². The second kappa shape index (κ2) is 7.85. The summed E-state index contributed by atoms with van der Waals surface area (Å²) in [5.41, 5.74) is 2.41. The monoisotopic (exact) mass is 400 g/mol. The Morgan fingerprint density at radius 3 is 2.50 bits per heavy atom. The van der Waals surface area contributed by atoms with E-state index in [4.69, 9.17) is 9.15 Å². The second-order valence-corrected chi connectivity index (χ2v) is 8.34. The minimum Gasteiger partial charge on any atom is -0.495 e. The number of anilines is 2. The van der Waals surface area contributed by atoms with Crippen molar-refractivity contribution in [2.45, 2.75) is 18.7 Å². The van der Waals surface area contributed by atoms with Crippen molar-refractivity contribution in [3.8, 4) is 17.0 Å². The zero-order valence-electron chi connectivity index (χ0n) is 15.7. The van der Waals surface area contributed by atoms with E-state index in [1.165, 1.54) is 32.4 Å². The van der Waals surface area contributed by atoms with Gasteiger partial charge in [-0.25, -0.2) is 8.42 Å². The number of ether oxygens (including phenoxy) is 1. The van der Waals surface area contributed by atoms with Gasteiger partial charge in [-0.2, -0.15) is 4.98 Å². The number of oxazole rings is 1. The Balaban J connectivity index is 1.88. The Hall–Kier alpha value is -3.13. The molecule has 2 aromatic carbocycles. The maximum Gasteiger partial charge on any atom is 0.299 e. The summed E-state index contributed by atoms with van der Waals surface area (Å²) in [4.78, 5) is 15.9. The summed E-state index contributed by atoms with van der Waals surface area (Å²) >= 11 is 0. The molecule has 0 spiro atoms. The van der Waals surface area contributed by atoms with E-state index in [0.717, 1.165) is 5.56 Å². The lowest BCUT2D eigenvalue weighted by molar-refractivity contribution is 0.101.